The first-order valence-corrected chi connectivity index (χ1v) is 6.71. The minimum atomic E-state index is -0.378. The van der Waals surface area contributed by atoms with E-state index in [2.05, 4.69) is 12.2 Å². The van der Waals surface area contributed by atoms with E-state index in [9.17, 15) is 9.90 Å². The molecule has 0 spiro atoms. The van der Waals surface area contributed by atoms with Crippen molar-refractivity contribution in [3.63, 3.8) is 0 Å². The summed E-state index contributed by atoms with van der Waals surface area (Å²) in [4.78, 5) is 14.4. The van der Waals surface area contributed by atoms with Crippen LogP contribution in [0, 0.1) is 11.8 Å². The Bertz CT molecular complexity index is 319. The summed E-state index contributed by atoms with van der Waals surface area (Å²) in [7, 11) is 0. The van der Waals surface area contributed by atoms with Crippen LogP contribution in [-0.2, 0) is 9.53 Å². The zero-order chi connectivity index (χ0) is 13.3. The lowest BCUT2D eigenvalue weighted by atomic mass is 9.95. The number of carbonyl (C=O) groups is 1. The summed E-state index contributed by atoms with van der Waals surface area (Å²) in [5.41, 5.74) is -0.378. The molecular weight excluding hydrogens is 232 g/mol. The summed E-state index contributed by atoms with van der Waals surface area (Å²) in [6.07, 6.45) is -0.262. The summed E-state index contributed by atoms with van der Waals surface area (Å²) in [5, 5.41) is 12.5. The van der Waals surface area contributed by atoms with Gasteiger partial charge in [-0.15, -0.1) is 0 Å². The Morgan fingerprint density at radius 3 is 2.78 bits per heavy atom. The molecule has 3 unspecified atom stereocenters. The second-order valence-electron chi connectivity index (χ2n) is 6.14. The number of ether oxygens (including phenoxy) is 1. The molecule has 5 nitrogen and oxygen atoms in total. The Morgan fingerprint density at radius 1 is 1.50 bits per heavy atom. The quantitative estimate of drug-likeness (QED) is 0.721. The summed E-state index contributed by atoms with van der Waals surface area (Å²) < 4.78 is 5.73. The maximum absolute atomic E-state index is 12.5. The minimum Gasteiger partial charge on any atom is -0.394 e. The van der Waals surface area contributed by atoms with Crippen LogP contribution in [0.2, 0.25) is 0 Å². The van der Waals surface area contributed by atoms with Crippen molar-refractivity contribution in [3.8, 4) is 0 Å². The van der Waals surface area contributed by atoms with Gasteiger partial charge in [0, 0.05) is 19.6 Å². The van der Waals surface area contributed by atoms with Gasteiger partial charge in [-0.2, -0.15) is 0 Å². The van der Waals surface area contributed by atoms with Gasteiger partial charge >= 0.3 is 0 Å². The van der Waals surface area contributed by atoms with Gasteiger partial charge in [-0.1, -0.05) is 6.92 Å². The molecular formula is C13H24N2O3. The highest BCUT2D eigenvalue weighted by Gasteiger charge is 2.39. The molecule has 3 atom stereocenters. The van der Waals surface area contributed by atoms with E-state index in [1.807, 2.05) is 18.7 Å². The molecule has 2 aliphatic rings. The molecule has 0 bridgehead atoms. The van der Waals surface area contributed by atoms with Gasteiger partial charge in [0.25, 0.3) is 0 Å². The lowest BCUT2D eigenvalue weighted by Crippen LogP contribution is -2.57. The molecule has 5 heteroatoms. The van der Waals surface area contributed by atoms with Crippen molar-refractivity contribution in [1.82, 2.24) is 10.2 Å². The molecule has 2 fully saturated rings. The summed E-state index contributed by atoms with van der Waals surface area (Å²) in [5.74, 6) is 0.650. The maximum Gasteiger partial charge on any atom is 0.227 e. The molecule has 104 valence electrons. The molecule has 0 aromatic heterocycles. The molecule has 0 saturated carbocycles. The number of morpholine rings is 1. The van der Waals surface area contributed by atoms with Crippen LogP contribution in [0.15, 0.2) is 0 Å². The molecule has 0 aromatic carbocycles. The van der Waals surface area contributed by atoms with E-state index in [-0.39, 0.29) is 30.1 Å². The zero-order valence-electron chi connectivity index (χ0n) is 11.5. The van der Waals surface area contributed by atoms with E-state index in [1.54, 1.807) is 0 Å². The second-order valence-corrected chi connectivity index (χ2v) is 6.14. The fraction of sp³-hybridized carbons (Fsp3) is 0.923. The molecule has 1 amide bonds. The highest BCUT2D eigenvalue weighted by Crippen LogP contribution is 2.25. The summed E-state index contributed by atoms with van der Waals surface area (Å²) in [6.45, 7) is 8.78. The predicted octanol–water partition coefficient (Wildman–Crippen LogP) is -0.160. The van der Waals surface area contributed by atoms with Gasteiger partial charge in [-0.25, -0.2) is 0 Å². The number of amides is 1. The number of aliphatic hydroxyl groups excluding tert-OH is 1. The zero-order valence-corrected chi connectivity index (χ0v) is 11.5. The van der Waals surface area contributed by atoms with Crippen LogP contribution < -0.4 is 5.32 Å². The second kappa shape index (κ2) is 5.15. The van der Waals surface area contributed by atoms with Crippen molar-refractivity contribution in [2.75, 3.05) is 32.8 Å². The van der Waals surface area contributed by atoms with Crippen LogP contribution >= 0.6 is 0 Å². The lowest BCUT2D eigenvalue weighted by Gasteiger charge is -2.43. The lowest BCUT2D eigenvalue weighted by molar-refractivity contribution is -0.170. The number of hydrogen-bond acceptors (Lipinski definition) is 4. The van der Waals surface area contributed by atoms with Crippen molar-refractivity contribution >= 4 is 5.91 Å². The molecule has 2 saturated heterocycles. The molecule has 0 aliphatic carbocycles. The van der Waals surface area contributed by atoms with Crippen molar-refractivity contribution in [2.24, 2.45) is 11.8 Å². The molecule has 2 heterocycles. The van der Waals surface area contributed by atoms with E-state index in [4.69, 9.17) is 4.74 Å². The Morgan fingerprint density at radius 2 is 2.22 bits per heavy atom. The predicted molar refractivity (Wildman–Crippen MR) is 68.1 cm³/mol. The smallest absolute Gasteiger partial charge is 0.227 e. The largest absolute Gasteiger partial charge is 0.394 e. The van der Waals surface area contributed by atoms with E-state index in [1.165, 1.54) is 0 Å². The van der Waals surface area contributed by atoms with Crippen LogP contribution in [0.4, 0.5) is 0 Å². The number of nitrogens with one attached hydrogen (secondary N) is 1. The third kappa shape index (κ3) is 2.84. The third-order valence-electron chi connectivity index (χ3n) is 3.83. The number of aliphatic hydroxyl groups is 1. The van der Waals surface area contributed by atoms with Crippen LogP contribution in [0.3, 0.4) is 0 Å². The normalized spacial score (nSPS) is 35.8. The molecule has 2 aliphatic heterocycles. The van der Waals surface area contributed by atoms with Crippen LogP contribution in [-0.4, -0.2) is 60.4 Å². The first-order chi connectivity index (χ1) is 8.43. The molecule has 0 radical (unpaired) electrons. The number of carbonyl (C=O) groups excluding carboxylic acids is 1. The van der Waals surface area contributed by atoms with Crippen molar-refractivity contribution in [1.29, 1.82) is 0 Å². The number of nitrogens with zero attached hydrogens (tertiary/aromatic N) is 1. The molecule has 18 heavy (non-hydrogen) atoms. The van der Waals surface area contributed by atoms with E-state index >= 15 is 0 Å². The van der Waals surface area contributed by atoms with Gasteiger partial charge in [0.15, 0.2) is 0 Å². The molecule has 2 rings (SSSR count). The average molecular weight is 256 g/mol. The average Bonchev–Trinajstić information content (AvgIpc) is 2.72. The third-order valence-corrected chi connectivity index (χ3v) is 3.83. The topological polar surface area (TPSA) is 61.8 Å². The highest BCUT2D eigenvalue weighted by molar-refractivity contribution is 5.80. The Balaban J connectivity index is 2.05. The van der Waals surface area contributed by atoms with Crippen molar-refractivity contribution < 1.29 is 14.6 Å². The Kier molecular flexibility index (Phi) is 3.94. The molecule has 2 N–H and O–H groups in total. The van der Waals surface area contributed by atoms with E-state index in [0.717, 1.165) is 13.1 Å². The highest BCUT2D eigenvalue weighted by atomic mass is 16.5. The SMILES string of the molecule is CC1CNCC1C(=O)N1CC(CO)OC(C)(C)C1. The van der Waals surface area contributed by atoms with Gasteiger partial charge in [-0.05, 0) is 26.3 Å². The Labute approximate surface area is 108 Å². The number of rotatable bonds is 2. The van der Waals surface area contributed by atoms with Crippen LogP contribution in [0.5, 0.6) is 0 Å². The van der Waals surface area contributed by atoms with Gasteiger partial charge < -0.3 is 20.1 Å². The van der Waals surface area contributed by atoms with E-state index in [0.29, 0.717) is 19.0 Å². The maximum atomic E-state index is 12.5. The van der Waals surface area contributed by atoms with Gasteiger partial charge in [0.1, 0.15) is 0 Å². The number of hydrogen-bond donors (Lipinski definition) is 2. The monoisotopic (exact) mass is 256 g/mol. The van der Waals surface area contributed by atoms with Gasteiger partial charge in [-0.3, -0.25) is 4.79 Å². The van der Waals surface area contributed by atoms with Crippen LogP contribution in [0.1, 0.15) is 20.8 Å². The van der Waals surface area contributed by atoms with Gasteiger partial charge in [0.2, 0.25) is 5.91 Å². The standard InChI is InChI=1S/C13H24N2O3/c1-9-4-14-5-11(9)12(17)15-6-10(7-16)18-13(2,3)8-15/h9-11,14,16H,4-8H2,1-3H3. The fourth-order valence-electron chi connectivity index (χ4n) is 2.93. The van der Waals surface area contributed by atoms with Gasteiger partial charge in [0.05, 0.1) is 24.2 Å². The van der Waals surface area contributed by atoms with Crippen molar-refractivity contribution in [3.05, 3.63) is 0 Å². The fourth-order valence-corrected chi connectivity index (χ4v) is 2.93. The minimum absolute atomic E-state index is 0.0360. The van der Waals surface area contributed by atoms with E-state index < -0.39 is 0 Å². The summed E-state index contributed by atoms with van der Waals surface area (Å²) in [6, 6.07) is 0. The van der Waals surface area contributed by atoms with Crippen molar-refractivity contribution in [2.45, 2.75) is 32.5 Å². The summed E-state index contributed by atoms with van der Waals surface area (Å²) >= 11 is 0. The Hall–Kier alpha value is -0.650. The first kappa shape index (κ1) is 13.8. The molecule has 0 aromatic rings. The first-order valence-electron chi connectivity index (χ1n) is 6.71. The van der Waals surface area contributed by atoms with Crippen LogP contribution in [0.25, 0.3) is 0 Å².